The van der Waals surface area contributed by atoms with Gasteiger partial charge in [0.05, 0.1) is 4.47 Å². The maximum Gasteiger partial charge on any atom is 0.257 e. The number of nitrogens with two attached hydrogens (primary N) is 1. The highest BCUT2D eigenvalue weighted by Gasteiger charge is 2.21. The Morgan fingerprint density at radius 3 is 2.94 bits per heavy atom. The Bertz CT molecular complexity index is 433. The number of carbonyl (C=O) groups excluding carboxylic acids is 1. The summed E-state index contributed by atoms with van der Waals surface area (Å²) < 4.78 is 6.35. The predicted molar refractivity (Wildman–Crippen MR) is 73.3 cm³/mol. The normalized spacial score (nSPS) is 14.3. The Kier molecular flexibility index (Phi) is 4.60. The van der Waals surface area contributed by atoms with Gasteiger partial charge in [0.15, 0.2) is 6.61 Å². The minimum Gasteiger partial charge on any atom is -0.482 e. The van der Waals surface area contributed by atoms with Crippen LogP contribution in [0.4, 0.5) is 0 Å². The molecule has 1 aromatic carbocycles. The molecule has 1 aliphatic rings. The van der Waals surface area contributed by atoms with Gasteiger partial charge in [-0.3, -0.25) is 4.79 Å². The molecule has 5 heteroatoms. The molecule has 0 saturated heterocycles. The first-order chi connectivity index (χ1) is 8.70. The molecular weight excluding hydrogens is 296 g/mol. The van der Waals surface area contributed by atoms with Crippen LogP contribution in [0.3, 0.4) is 0 Å². The van der Waals surface area contributed by atoms with Gasteiger partial charge in [-0.2, -0.15) is 0 Å². The van der Waals surface area contributed by atoms with E-state index in [2.05, 4.69) is 21.2 Å². The standard InChI is InChI=1S/C13H17BrN2O2/c14-11-3-1-2-10(6-15)13(11)18-8-12(17)16-7-9-4-5-9/h1-3,9H,4-8,15H2,(H,16,17). The van der Waals surface area contributed by atoms with E-state index in [-0.39, 0.29) is 12.5 Å². The Morgan fingerprint density at radius 2 is 2.28 bits per heavy atom. The van der Waals surface area contributed by atoms with Gasteiger partial charge < -0.3 is 15.8 Å². The number of hydrogen-bond donors (Lipinski definition) is 2. The second kappa shape index (κ2) is 6.20. The van der Waals surface area contributed by atoms with Crippen molar-refractivity contribution in [3.05, 3.63) is 28.2 Å². The van der Waals surface area contributed by atoms with E-state index in [1.807, 2.05) is 18.2 Å². The summed E-state index contributed by atoms with van der Waals surface area (Å²) in [4.78, 5) is 11.6. The topological polar surface area (TPSA) is 64.3 Å². The van der Waals surface area contributed by atoms with E-state index in [1.54, 1.807) is 0 Å². The van der Waals surface area contributed by atoms with Gasteiger partial charge in [-0.1, -0.05) is 12.1 Å². The fraction of sp³-hybridized carbons (Fsp3) is 0.462. The summed E-state index contributed by atoms with van der Waals surface area (Å²) in [6.07, 6.45) is 2.45. The molecule has 0 bridgehead atoms. The van der Waals surface area contributed by atoms with Crippen molar-refractivity contribution < 1.29 is 9.53 Å². The van der Waals surface area contributed by atoms with Crippen molar-refractivity contribution in [1.82, 2.24) is 5.32 Å². The summed E-state index contributed by atoms with van der Waals surface area (Å²) in [5.41, 5.74) is 6.52. The summed E-state index contributed by atoms with van der Waals surface area (Å²) in [6, 6.07) is 5.66. The lowest BCUT2D eigenvalue weighted by Gasteiger charge is -2.12. The molecule has 1 fully saturated rings. The highest BCUT2D eigenvalue weighted by atomic mass is 79.9. The van der Waals surface area contributed by atoms with E-state index in [9.17, 15) is 4.79 Å². The highest BCUT2D eigenvalue weighted by molar-refractivity contribution is 9.10. The Morgan fingerprint density at radius 1 is 1.50 bits per heavy atom. The quantitative estimate of drug-likeness (QED) is 0.842. The molecule has 0 radical (unpaired) electrons. The Hall–Kier alpha value is -1.07. The number of nitrogens with one attached hydrogen (secondary N) is 1. The molecule has 0 spiro atoms. The van der Waals surface area contributed by atoms with Gasteiger partial charge in [-0.25, -0.2) is 0 Å². The predicted octanol–water partition coefficient (Wildman–Crippen LogP) is 1.81. The summed E-state index contributed by atoms with van der Waals surface area (Å²) in [5, 5.41) is 2.86. The zero-order chi connectivity index (χ0) is 13.0. The van der Waals surface area contributed by atoms with E-state index in [4.69, 9.17) is 10.5 Å². The van der Waals surface area contributed by atoms with E-state index in [0.717, 1.165) is 16.6 Å². The molecule has 0 aromatic heterocycles. The minimum atomic E-state index is -0.0828. The first kappa shape index (κ1) is 13.4. The van der Waals surface area contributed by atoms with Crippen LogP contribution >= 0.6 is 15.9 Å². The number of benzene rings is 1. The average Bonchev–Trinajstić information content (AvgIpc) is 3.18. The third kappa shape index (κ3) is 3.71. The van der Waals surface area contributed by atoms with Gasteiger partial charge in [0.1, 0.15) is 5.75 Å². The molecule has 0 unspecified atom stereocenters. The van der Waals surface area contributed by atoms with Crippen molar-refractivity contribution in [3.63, 3.8) is 0 Å². The van der Waals surface area contributed by atoms with Crippen molar-refractivity contribution >= 4 is 21.8 Å². The van der Waals surface area contributed by atoms with Crippen molar-refractivity contribution in [1.29, 1.82) is 0 Å². The summed E-state index contributed by atoms with van der Waals surface area (Å²) in [7, 11) is 0. The highest BCUT2D eigenvalue weighted by Crippen LogP contribution is 2.29. The second-order valence-corrected chi connectivity index (χ2v) is 5.32. The molecule has 0 aliphatic heterocycles. The van der Waals surface area contributed by atoms with Crippen molar-refractivity contribution in [2.45, 2.75) is 19.4 Å². The summed E-state index contributed by atoms with van der Waals surface area (Å²) in [5.74, 6) is 1.25. The molecular formula is C13H17BrN2O2. The average molecular weight is 313 g/mol. The van der Waals surface area contributed by atoms with E-state index >= 15 is 0 Å². The van der Waals surface area contributed by atoms with Crippen molar-refractivity contribution in [2.24, 2.45) is 11.7 Å². The van der Waals surface area contributed by atoms with Crippen LogP contribution in [0, 0.1) is 5.92 Å². The summed E-state index contributed by atoms with van der Waals surface area (Å²) >= 11 is 3.40. The Labute approximate surface area is 115 Å². The maximum absolute atomic E-state index is 11.6. The number of hydrogen-bond acceptors (Lipinski definition) is 3. The van der Waals surface area contributed by atoms with Crippen LogP contribution < -0.4 is 15.8 Å². The third-order valence-electron chi connectivity index (χ3n) is 2.90. The van der Waals surface area contributed by atoms with E-state index in [1.165, 1.54) is 12.8 Å². The molecule has 3 N–H and O–H groups in total. The molecule has 4 nitrogen and oxygen atoms in total. The van der Waals surface area contributed by atoms with Crippen LogP contribution in [0.1, 0.15) is 18.4 Å². The molecule has 1 aromatic rings. The van der Waals surface area contributed by atoms with Crippen LogP contribution in [-0.4, -0.2) is 19.1 Å². The van der Waals surface area contributed by atoms with Crippen LogP contribution in [-0.2, 0) is 11.3 Å². The SMILES string of the molecule is NCc1cccc(Br)c1OCC(=O)NCC1CC1. The lowest BCUT2D eigenvalue weighted by atomic mass is 10.2. The van der Waals surface area contributed by atoms with Crippen LogP contribution in [0.2, 0.25) is 0 Å². The fourth-order valence-corrected chi connectivity index (χ4v) is 2.17. The molecule has 2 rings (SSSR count). The number of para-hydroxylation sites is 1. The van der Waals surface area contributed by atoms with Gasteiger partial charge in [-0.15, -0.1) is 0 Å². The smallest absolute Gasteiger partial charge is 0.257 e. The fourth-order valence-electron chi connectivity index (χ4n) is 1.64. The molecule has 1 aliphatic carbocycles. The van der Waals surface area contributed by atoms with Crippen molar-refractivity contribution in [2.75, 3.05) is 13.2 Å². The number of ether oxygens (including phenoxy) is 1. The maximum atomic E-state index is 11.6. The molecule has 0 atom stereocenters. The number of rotatable bonds is 6. The largest absolute Gasteiger partial charge is 0.482 e. The lowest BCUT2D eigenvalue weighted by Crippen LogP contribution is -2.30. The first-order valence-electron chi connectivity index (χ1n) is 6.07. The summed E-state index contributed by atoms with van der Waals surface area (Å²) in [6.45, 7) is 1.18. The van der Waals surface area contributed by atoms with Gasteiger partial charge >= 0.3 is 0 Å². The van der Waals surface area contributed by atoms with Crippen LogP contribution in [0.25, 0.3) is 0 Å². The number of halogens is 1. The first-order valence-corrected chi connectivity index (χ1v) is 6.87. The molecule has 1 saturated carbocycles. The Balaban J connectivity index is 1.86. The minimum absolute atomic E-state index is 0.0301. The van der Waals surface area contributed by atoms with Gasteiger partial charge in [0.25, 0.3) is 5.91 Å². The molecule has 98 valence electrons. The van der Waals surface area contributed by atoms with Crippen molar-refractivity contribution in [3.8, 4) is 5.75 Å². The van der Waals surface area contributed by atoms with Gasteiger partial charge in [-0.05, 0) is 40.8 Å². The van der Waals surface area contributed by atoms with E-state index < -0.39 is 0 Å². The number of carbonyl (C=O) groups is 1. The second-order valence-electron chi connectivity index (χ2n) is 4.47. The zero-order valence-electron chi connectivity index (χ0n) is 10.1. The monoisotopic (exact) mass is 312 g/mol. The third-order valence-corrected chi connectivity index (χ3v) is 3.53. The van der Waals surface area contributed by atoms with Gasteiger partial charge in [0.2, 0.25) is 0 Å². The van der Waals surface area contributed by atoms with Gasteiger partial charge in [0, 0.05) is 18.7 Å². The molecule has 1 amide bonds. The molecule has 18 heavy (non-hydrogen) atoms. The lowest BCUT2D eigenvalue weighted by molar-refractivity contribution is -0.123. The molecule has 0 heterocycles. The van der Waals surface area contributed by atoms with E-state index in [0.29, 0.717) is 18.2 Å². The zero-order valence-corrected chi connectivity index (χ0v) is 11.7. The number of amides is 1. The van der Waals surface area contributed by atoms with Crippen LogP contribution in [0.5, 0.6) is 5.75 Å². The van der Waals surface area contributed by atoms with Crippen LogP contribution in [0.15, 0.2) is 22.7 Å².